The molecular formula is C10H18N8O. The fourth-order valence-corrected chi connectivity index (χ4v) is 1.91. The zero-order valence-electron chi connectivity index (χ0n) is 10.6. The van der Waals surface area contributed by atoms with Crippen molar-refractivity contribution < 1.29 is 4.79 Å². The Kier molecular flexibility index (Phi) is 4.29. The second-order valence-electron chi connectivity index (χ2n) is 4.29. The van der Waals surface area contributed by atoms with E-state index in [1.54, 1.807) is 0 Å². The van der Waals surface area contributed by atoms with Crippen LogP contribution in [0.4, 0.5) is 17.8 Å². The molecule has 1 fully saturated rings. The van der Waals surface area contributed by atoms with E-state index in [1.165, 1.54) is 6.42 Å². The average Bonchev–Trinajstić information content (AvgIpc) is 2.45. The van der Waals surface area contributed by atoms with Gasteiger partial charge < -0.3 is 16.0 Å². The first kappa shape index (κ1) is 13.3. The Hall–Kier alpha value is -2.16. The summed E-state index contributed by atoms with van der Waals surface area (Å²) >= 11 is 0. The third-order valence-corrected chi connectivity index (χ3v) is 2.81. The fraction of sp³-hybridized carbons (Fsp3) is 0.600. The van der Waals surface area contributed by atoms with Gasteiger partial charge in [0.25, 0.3) is 0 Å². The van der Waals surface area contributed by atoms with Gasteiger partial charge in [-0.15, -0.1) is 0 Å². The number of carbonyl (C=O) groups excluding carboxylic acids is 1. The normalized spacial score (nSPS) is 15.1. The maximum Gasteiger partial charge on any atom is 0.243 e. The molecule has 0 bridgehead atoms. The van der Waals surface area contributed by atoms with Crippen LogP contribution in [0.15, 0.2) is 0 Å². The molecule has 0 aliphatic carbocycles. The Balaban J connectivity index is 2.16. The minimum atomic E-state index is -0.484. The zero-order chi connectivity index (χ0) is 13.7. The highest BCUT2D eigenvalue weighted by Gasteiger charge is 2.16. The average molecular weight is 266 g/mol. The Bertz CT molecular complexity index is 445. The quantitative estimate of drug-likeness (QED) is 0.395. The molecule has 6 N–H and O–H groups in total. The lowest BCUT2D eigenvalue weighted by atomic mass is 10.1. The number of piperidine rings is 1. The summed E-state index contributed by atoms with van der Waals surface area (Å²) in [6, 6.07) is 0. The standard InChI is InChI=1S/C10H18N8O/c11-7(19)6-13-8-14-9(17-12)16-10(15-8)18-4-2-1-3-5-18/h1-6,12H2,(H2,11,19)(H2,13,14,15,16,17). The van der Waals surface area contributed by atoms with Crippen LogP contribution in [0.3, 0.4) is 0 Å². The van der Waals surface area contributed by atoms with Gasteiger partial charge in [-0.05, 0) is 19.3 Å². The highest BCUT2D eigenvalue weighted by atomic mass is 16.1. The fourth-order valence-electron chi connectivity index (χ4n) is 1.91. The predicted octanol–water partition coefficient (Wildman–Crippen LogP) is -0.955. The number of nitrogens with two attached hydrogens (primary N) is 2. The lowest BCUT2D eigenvalue weighted by Crippen LogP contribution is -2.32. The molecule has 2 rings (SSSR count). The van der Waals surface area contributed by atoms with Crippen LogP contribution in [0, 0.1) is 0 Å². The van der Waals surface area contributed by atoms with E-state index in [0.29, 0.717) is 5.95 Å². The number of nitrogens with zero attached hydrogens (tertiary/aromatic N) is 4. The smallest absolute Gasteiger partial charge is 0.243 e. The van der Waals surface area contributed by atoms with Crippen LogP contribution in [0.25, 0.3) is 0 Å². The van der Waals surface area contributed by atoms with Crippen LogP contribution in [-0.4, -0.2) is 40.5 Å². The van der Waals surface area contributed by atoms with Crippen molar-refractivity contribution in [1.82, 2.24) is 15.0 Å². The van der Waals surface area contributed by atoms with Crippen molar-refractivity contribution in [2.75, 3.05) is 35.3 Å². The predicted molar refractivity (Wildman–Crippen MR) is 71.4 cm³/mol. The number of aromatic nitrogens is 3. The molecular weight excluding hydrogens is 248 g/mol. The maximum absolute atomic E-state index is 10.8. The lowest BCUT2D eigenvalue weighted by Gasteiger charge is -2.26. The molecule has 0 unspecified atom stereocenters. The molecule has 0 radical (unpaired) electrons. The van der Waals surface area contributed by atoms with Gasteiger partial charge >= 0.3 is 0 Å². The number of carbonyl (C=O) groups is 1. The van der Waals surface area contributed by atoms with E-state index < -0.39 is 5.91 Å². The first-order chi connectivity index (χ1) is 9.19. The summed E-state index contributed by atoms with van der Waals surface area (Å²) in [4.78, 5) is 25.3. The van der Waals surface area contributed by atoms with Gasteiger partial charge in [0, 0.05) is 13.1 Å². The van der Waals surface area contributed by atoms with Crippen molar-refractivity contribution in [2.24, 2.45) is 11.6 Å². The molecule has 2 heterocycles. The van der Waals surface area contributed by atoms with Gasteiger partial charge in [-0.1, -0.05) is 0 Å². The van der Waals surface area contributed by atoms with Crippen LogP contribution < -0.4 is 27.2 Å². The number of primary amides is 1. The summed E-state index contributed by atoms with van der Waals surface area (Å²) in [5.41, 5.74) is 7.46. The van der Waals surface area contributed by atoms with Gasteiger partial charge in [0.05, 0.1) is 6.54 Å². The summed E-state index contributed by atoms with van der Waals surface area (Å²) < 4.78 is 0. The first-order valence-electron chi connectivity index (χ1n) is 6.19. The van der Waals surface area contributed by atoms with Crippen molar-refractivity contribution in [1.29, 1.82) is 0 Å². The summed E-state index contributed by atoms with van der Waals surface area (Å²) in [6.45, 7) is 1.78. The Morgan fingerprint density at radius 1 is 1.16 bits per heavy atom. The molecule has 1 aliphatic heterocycles. The van der Waals surface area contributed by atoms with Gasteiger partial charge in [0.2, 0.25) is 23.8 Å². The monoisotopic (exact) mass is 266 g/mol. The van der Waals surface area contributed by atoms with Crippen molar-refractivity contribution in [2.45, 2.75) is 19.3 Å². The Morgan fingerprint density at radius 3 is 2.47 bits per heavy atom. The molecule has 0 saturated carbocycles. The van der Waals surface area contributed by atoms with E-state index in [1.807, 2.05) is 0 Å². The molecule has 1 aromatic heterocycles. The van der Waals surface area contributed by atoms with E-state index in [-0.39, 0.29) is 18.4 Å². The van der Waals surface area contributed by atoms with Crippen LogP contribution in [0.5, 0.6) is 0 Å². The number of nitrogens with one attached hydrogen (secondary N) is 2. The molecule has 1 amide bonds. The van der Waals surface area contributed by atoms with Crippen LogP contribution in [-0.2, 0) is 4.79 Å². The summed E-state index contributed by atoms with van der Waals surface area (Å²) in [6.07, 6.45) is 3.44. The van der Waals surface area contributed by atoms with Crippen LogP contribution in [0.1, 0.15) is 19.3 Å². The molecule has 1 aliphatic rings. The van der Waals surface area contributed by atoms with E-state index in [0.717, 1.165) is 25.9 Å². The number of rotatable bonds is 5. The van der Waals surface area contributed by atoms with Gasteiger partial charge in [0.1, 0.15) is 0 Å². The topological polar surface area (TPSA) is 135 Å². The number of hydrogen-bond acceptors (Lipinski definition) is 8. The number of nitrogen functional groups attached to an aromatic ring is 1. The van der Waals surface area contributed by atoms with Crippen molar-refractivity contribution in [3.05, 3.63) is 0 Å². The third kappa shape index (κ3) is 3.65. The van der Waals surface area contributed by atoms with Crippen molar-refractivity contribution in [3.8, 4) is 0 Å². The van der Waals surface area contributed by atoms with Crippen LogP contribution >= 0.6 is 0 Å². The largest absolute Gasteiger partial charge is 0.368 e. The second kappa shape index (κ2) is 6.14. The first-order valence-corrected chi connectivity index (χ1v) is 6.19. The number of hydrogen-bond donors (Lipinski definition) is 4. The van der Waals surface area contributed by atoms with Gasteiger partial charge in [-0.25, -0.2) is 5.84 Å². The molecule has 104 valence electrons. The number of anilines is 3. The maximum atomic E-state index is 10.8. The molecule has 0 spiro atoms. The highest BCUT2D eigenvalue weighted by Crippen LogP contribution is 2.17. The second-order valence-corrected chi connectivity index (χ2v) is 4.29. The SMILES string of the molecule is NNc1nc(NCC(N)=O)nc(N2CCCCC2)n1. The molecule has 0 aromatic carbocycles. The molecule has 1 aromatic rings. The van der Waals surface area contributed by atoms with Crippen LogP contribution in [0.2, 0.25) is 0 Å². The van der Waals surface area contributed by atoms with Gasteiger partial charge in [-0.3, -0.25) is 10.2 Å². The van der Waals surface area contributed by atoms with E-state index in [4.69, 9.17) is 11.6 Å². The molecule has 1 saturated heterocycles. The lowest BCUT2D eigenvalue weighted by molar-refractivity contribution is -0.116. The number of amides is 1. The van der Waals surface area contributed by atoms with E-state index >= 15 is 0 Å². The zero-order valence-corrected chi connectivity index (χ0v) is 10.6. The van der Waals surface area contributed by atoms with Gasteiger partial charge in [-0.2, -0.15) is 15.0 Å². The summed E-state index contributed by atoms with van der Waals surface area (Å²) in [7, 11) is 0. The minimum absolute atomic E-state index is 0.0343. The number of hydrazine groups is 1. The Labute approximate surface area is 110 Å². The van der Waals surface area contributed by atoms with Gasteiger partial charge in [0.15, 0.2) is 0 Å². The molecule has 0 atom stereocenters. The van der Waals surface area contributed by atoms with E-state index in [2.05, 4.69) is 30.6 Å². The van der Waals surface area contributed by atoms with Crippen molar-refractivity contribution >= 4 is 23.8 Å². The Morgan fingerprint density at radius 2 is 1.84 bits per heavy atom. The minimum Gasteiger partial charge on any atom is -0.368 e. The molecule has 9 heteroatoms. The summed E-state index contributed by atoms with van der Waals surface area (Å²) in [5.74, 6) is 5.93. The molecule has 19 heavy (non-hydrogen) atoms. The van der Waals surface area contributed by atoms with Crippen molar-refractivity contribution in [3.63, 3.8) is 0 Å². The van der Waals surface area contributed by atoms with E-state index in [9.17, 15) is 4.79 Å². The third-order valence-electron chi connectivity index (χ3n) is 2.81. The highest BCUT2D eigenvalue weighted by molar-refractivity contribution is 5.78. The summed E-state index contributed by atoms with van der Waals surface area (Å²) in [5, 5.41) is 2.74. The molecule has 9 nitrogen and oxygen atoms in total.